The molecule has 0 aromatic heterocycles. The van der Waals surface area contributed by atoms with E-state index < -0.39 is 21.4 Å². The Balaban J connectivity index is 1.41. The van der Waals surface area contributed by atoms with Crippen LogP contribution in [0.3, 0.4) is 0 Å². The van der Waals surface area contributed by atoms with Gasteiger partial charge in [0.15, 0.2) is 0 Å². The van der Waals surface area contributed by atoms with Gasteiger partial charge in [-0.2, -0.15) is 4.31 Å². The van der Waals surface area contributed by atoms with Crippen molar-refractivity contribution >= 4 is 27.6 Å². The molecule has 2 aliphatic rings. The van der Waals surface area contributed by atoms with Crippen molar-refractivity contribution in [3.8, 4) is 5.75 Å². The van der Waals surface area contributed by atoms with Crippen LogP contribution in [0.25, 0.3) is 0 Å². The quantitative estimate of drug-likeness (QED) is 0.507. The fourth-order valence-corrected chi connectivity index (χ4v) is 6.35. The van der Waals surface area contributed by atoms with E-state index in [-0.39, 0.29) is 23.3 Å². The number of carbonyl (C=O) groups is 2. The van der Waals surface area contributed by atoms with Crippen molar-refractivity contribution in [2.75, 3.05) is 31.6 Å². The van der Waals surface area contributed by atoms with E-state index in [1.54, 1.807) is 37.3 Å². The number of hydrogen-bond acceptors (Lipinski definition) is 6. The molecule has 9 heteroatoms. The van der Waals surface area contributed by atoms with Crippen LogP contribution in [0.15, 0.2) is 47.4 Å². The lowest BCUT2D eigenvalue weighted by atomic mass is 9.95. The topological polar surface area (TPSA) is 102 Å². The van der Waals surface area contributed by atoms with E-state index in [2.05, 4.69) is 5.32 Å². The third-order valence-electron chi connectivity index (χ3n) is 6.96. The number of anilines is 1. The largest absolute Gasteiger partial charge is 0.494 e. The van der Waals surface area contributed by atoms with E-state index in [9.17, 15) is 18.0 Å². The zero-order chi connectivity index (χ0) is 25.9. The molecule has 1 atom stereocenters. The number of sulfonamides is 1. The smallest absolute Gasteiger partial charge is 0.316 e. The van der Waals surface area contributed by atoms with E-state index in [1.165, 1.54) is 4.31 Å². The Morgan fingerprint density at radius 3 is 2.42 bits per heavy atom. The van der Waals surface area contributed by atoms with Gasteiger partial charge in [0.1, 0.15) is 5.75 Å². The minimum Gasteiger partial charge on any atom is -0.494 e. The second kappa shape index (κ2) is 10.6. The number of ether oxygens (including phenoxy) is 2. The predicted octanol–water partition coefficient (Wildman–Crippen LogP) is 4.03. The first-order valence-corrected chi connectivity index (χ1v) is 14.0. The Kier molecular flexibility index (Phi) is 7.70. The molecule has 1 saturated carbocycles. The second-order valence-electron chi connectivity index (χ2n) is 9.43. The molecule has 0 spiro atoms. The molecule has 0 radical (unpaired) electrons. The average Bonchev–Trinajstić information content (AvgIpc) is 3.68. The second-order valence-corrected chi connectivity index (χ2v) is 11.4. The lowest BCUT2D eigenvalue weighted by Gasteiger charge is -2.31. The molecule has 194 valence electrons. The summed E-state index contributed by atoms with van der Waals surface area (Å²) in [6, 6.07) is 12.1. The van der Waals surface area contributed by atoms with Crippen molar-refractivity contribution in [2.24, 2.45) is 5.92 Å². The summed E-state index contributed by atoms with van der Waals surface area (Å²) < 4.78 is 38.7. The molecule has 0 bridgehead atoms. The molecule has 1 aliphatic heterocycles. The van der Waals surface area contributed by atoms with Gasteiger partial charge in [-0.25, -0.2) is 8.42 Å². The lowest BCUT2D eigenvalue weighted by molar-refractivity contribution is -0.146. The Morgan fingerprint density at radius 1 is 1.08 bits per heavy atom. The van der Waals surface area contributed by atoms with Gasteiger partial charge in [0.25, 0.3) is 0 Å². The molecule has 1 saturated heterocycles. The van der Waals surface area contributed by atoms with Crippen LogP contribution in [0, 0.1) is 12.8 Å². The molecule has 1 amide bonds. The molecule has 4 rings (SSSR count). The average molecular weight is 515 g/mol. The summed E-state index contributed by atoms with van der Waals surface area (Å²) in [5.41, 5.74) is 1.70. The van der Waals surface area contributed by atoms with E-state index >= 15 is 0 Å². The lowest BCUT2D eigenvalue weighted by Crippen LogP contribution is -2.43. The SMILES string of the molecule is CCOC(=O)C1(c2ccc(NC(=O)C3CCCN(S(=O)(=O)c4ccc(OCC)c(C)c4)C3)cc2)CC1. The van der Waals surface area contributed by atoms with E-state index in [1.807, 2.05) is 26.0 Å². The van der Waals surface area contributed by atoms with Gasteiger partial charge in [0, 0.05) is 18.8 Å². The summed E-state index contributed by atoms with van der Waals surface area (Å²) in [4.78, 5) is 25.5. The number of aryl methyl sites for hydroxylation is 1. The Bertz CT molecular complexity index is 1220. The van der Waals surface area contributed by atoms with Gasteiger partial charge < -0.3 is 14.8 Å². The standard InChI is InChI=1S/C27H34N2O6S/c1-4-34-24-13-12-23(17-19(24)3)36(32,33)29-16-6-7-20(18-29)25(30)28-22-10-8-21(9-11-22)27(14-15-27)26(31)35-5-2/h8-13,17,20H,4-7,14-16,18H2,1-3H3,(H,28,30). The maximum Gasteiger partial charge on any atom is 0.316 e. The van der Waals surface area contributed by atoms with Crippen LogP contribution in [0.2, 0.25) is 0 Å². The van der Waals surface area contributed by atoms with Crippen LogP contribution in [0.4, 0.5) is 5.69 Å². The molecule has 1 N–H and O–H groups in total. The minimum absolute atomic E-state index is 0.129. The van der Waals surface area contributed by atoms with E-state index in [0.717, 1.165) is 24.0 Å². The molecule has 1 unspecified atom stereocenters. The van der Waals surface area contributed by atoms with Crippen LogP contribution in [0.1, 0.15) is 50.7 Å². The molecular weight excluding hydrogens is 480 g/mol. The summed E-state index contributed by atoms with van der Waals surface area (Å²) >= 11 is 0. The number of nitrogens with zero attached hydrogens (tertiary/aromatic N) is 1. The third kappa shape index (κ3) is 5.27. The molecule has 36 heavy (non-hydrogen) atoms. The van der Waals surface area contributed by atoms with Crippen molar-refractivity contribution in [3.63, 3.8) is 0 Å². The van der Waals surface area contributed by atoms with Gasteiger partial charge in [-0.3, -0.25) is 9.59 Å². The van der Waals surface area contributed by atoms with Gasteiger partial charge in [0.2, 0.25) is 15.9 Å². The molecule has 2 aromatic carbocycles. The van der Waals surface area contributed by atoms with Crippen LogP contribution in [-0.2, 0) is 29.8 Å². The predicted molar refractivity (Wildman–Crippen MR) is 136 cm³/mol. The first-order valence-electron chi connectivity index (χ1n) is 12.5. The van der Waals surface area contributed by atoms with Crippen LogP contribution < -0.4 is 10.1 Å². The normalized spacial score (nSPS) is 19.4. The molecule has 2 fully saturated rings. The number of amides is 1. The Labute approximate surface area is 213 Å². The van der Waals surface area contributed by atoms with E-state index in [4.69, 9.17) is 9.47 Å². The third-order valence-corrected chi connectivity index (χ3v) is 8.82. The van der Waals surface area contributed by atoms with Crippen molar-refractivity contribution in [3.05, 3.63) is 53.6 Å². The number of hydrogen-bond donors (Lipinski definition) is 1. The zero-order valence-corrected chi connectivity index (χ0v) is 21.9. The first-order chi connectivity index (χ1) is 17.2. The fourth-order valence-electron chi connectivity index (χ4n) is 4.75. The molecule has 1 heterocycles. The number of carbonyl (C=O) groups excluding carboxylic acids is 2. The maximum atomic E-state index is 13.3. The first kappa shape index (κ1) is 26.2. The van der Waals surface area contributed by atoms with Gasteiger partial charge in [0.05, 0.1) is 29.4 Å². The minimum atomic E-state index is -3.73. The van der Waals surface area contributed by atoms with Crippen LogP contribution in [0.5, 0.6) is 5.75 Å². The number of piperidine rings is 1. The number of nitrogens with one attached hydrogen (secondary N) is 1. The zero-order valence-electron chi connectivity index (χ0n) is 21.1. The van der Waals surface area contributed by atoms with Crippen molar-refractivity contribution < 1.29 is 27.5 Å². The summed E-state index contributed by atoms with van der Waals surface area (Å²) in [6.07, 6.45) is 2.74. The Morgan fingerprint density at radius 2 is 1.81 bits per heavy atom. The summed E-state index contributed by atoms with van der Waals surface area (Å²) in [6.45, 7) is 6.85. The molecule has 8 nitrogen and oxygen atoms in total. The highest BCUT2D eigenvalue weighted by Crippen LogP contribution is 2.49. The van der Waals surface area contributed by atoms with Crippen LogP contribution >= 0.6 is 0 Å². The number of rotatable bonds is 9. The Hall–Kier alpha value is -2.91. The van der Waals surface area contributed by atoms with Gasteiger partial charge in [-0.05, 0) is 87.9 Å². The van der Waals surface area contributed by atoms with Crippen molar-refractivity contribution in [2.45, 2.75) is 56.8 Å². The summed E-state index contributed by atoms with van der Waals surface area (Å²) in [7, 11) is -3.73. The highest BCUT2D eigenvalue weighted by atomic mass is 32.2. The van der Waals surface area contributed by atoms with Crippen molar-refractivity contribution in [1.82, 2.24) is 4.31 Å². The summed E-state index contributed by atoms with van der Waals surface area (Å²) in [5, 5.41) is 2.91. The van der Waals surface area contributed by atoms with Gasteiger partial charge in [-0.15, -0.1) is 0 Å². The highest BCUT2D eigenvalue weighted by Gasteiger charge is 2.52. The maximum absolute atomic E-state index is 13.3. The van der Waals surface area contributed by atoms with Gasteiger partial charge in [-0.1, -0.05) is 12.1 Å². The molecular formula is C27H34N2O6S. The van der Waals surface area contributed by atoms with Gasteiger partial charge >= 0.3 is 5.97 Å². The molecule has 2 aromatic rings. The monoisotopic (exact) mass is 514 g/mol. The van der Waals surface area contributed by atoms with E-state index in [0.29, 0.717) is 44.0 Å². The van der Waals surface area contributed by atoms with Crippen LogP contribution in [-0.4, -0.2) is 50.9 Å². The fraction of sp³-hybridized carbons (Fsp3) is 0.481. The van der Waals surface area contributed by atoms with Crippen molar-refractivity contribution in [1.29, 1.82) is 0 Å². The highest BCUT2D eigenvalue weighted by molar-refractivity contribution is 7.89. The number of benzene rings is 2. The number of esters is 1. The summed E-state index contributed by atoms with van der Waals surface area (Å²) in [5.74, 6) is -0.204. The molecule has 1 aliphatic carbocycles.